The topological polar surface area (TPSA) is 82.4 Å². The first-order valence-corrected chi connectivity index (χ1v) is 11.0. The maximum absolute atomic E-state index is 13.3. The second-order valence-corrected chi connectivity index (χ2v) is 8.15. The maximum atomic E-state index is 13.3. The summed E-state index contributed by atoms with van der Waals surface area (Å²) in [7, 11) is 0. The summed E-state index contributed by atoms with van der Waals surface area (Å²) in [6, 6.07) is 5.59. The Balaban J connectivity index is 1.47. The smallest absolute Gasteiger partial charge is 0.257 e. The molecule has 0 radical (unpaired) electrons. The molecular weight excluding hydrogens is 402 g/mol. The SMILES string of the molecule is CCCOc1ccnc(O[C@@H]2CC[C@@H](C)N(C(=O)c3ccsc3-n3nccn3)C2)c1. The minimum absolute atomic E-state index is 0.0302. The fourth-order valence-corrected chi connectivity index (χ4v) is 4.29. The minimum atomic E-state index is -0.121. The second-order valence-electron chi connectivity index (χ2n) is 7.26. The third kappa shape index (κ3) is 4.46. The van der Waals surface area contributed by atoms with Crippen molar-refractivity contribution in [3.05, 3.63) is 47.7 Å². The van der Waals surface area contributed by atoms with Crippen molar-refractivity contribution in [2.24, 2.45) is 0 Å². The monoisotopic (exact) mass is 427 g/mol. The number of thiophene rings is 1. The van der Waals surface area contributed by atoms with Crippen LogP contribution in [0.25, 0.3) is 5.00 Å². The second kappa shape index (κ2) is 9.25. The Morgan fingerprint density at radius 3 is 2.87 bits per heavy atom. The van der Waals surface area contributed by atoms with E-state index in [1.54, 1.807) is 24.7 Å². The third-order valence-electron chi connectivity index (χ3n) is 5.04. The van der Waals surface area contributed by atoms with Gasteiger partial charge < -0.3 is 14.4 Å². The van der Waals surface area contributed by atoms with E-state index in [9.17, 15) is 4.79 Å². The van der Waals surface area contributed by atoms with Crippen LogP contribution in [0.15, 0.2) is 42.2 Å². The number of ether oxygens (including phenoxy) is 2. The summed E-state index contributed by atoms with van der Waals surface area (Å²) in [6.45, 7) is 5.29. The van der Waals surface area contributed by atoms with Crippen LogP contribution < -0.4 is 9.47 Å². The van der Waals surface area contributed by atoms with Gasteiger partial charge in [0.05, 0.1) is 31.1 Å². The van der Waals surface area contributed by atoms with Crippen molar-refractivity contribution in [1.29, 1.82) is 0 Å². The third-order valence-corrected chi connectivity index (χ3v) is 5.92. The van der Waals surface area contributed by atoms with Gasteiger partial charge in [0.1, 0.15) is 11.9 Å². The highest BCUT2D eigenvalue weighted by molar-refractivity contribution is 7.12. The molecule has 0 N–H and O–H groups in total. The molecule has 3 aromatic rings. The number of carbonyl (C=O) groups excluding carboxylic acids is 1. The number of piperidine rings is 1. The van der Waals surface area contributed by atoms with Gasteiger partial charge in [-0.2, -0.15) is 10.2 Å². The Morgan fingerprint density at radius 1 is 1.23 bits per heavy atom. The molecule has 1 aliphatic heterocycles. The van der Waals surface area contributed by atoms with E-state index in [0.717, 1.165) is 30.0 Å². The number of hydrogen-bond donors (Lipinski definition) is 0. The zero-order valence-corrected chi connectivity index (χ0v) is 17.9. The average Bonchev–Trinajstić information content (AvgIpc) is 3.45. The van der Waals surface area contributed by atoms with Crippen molar-refractivity contribution < 1.29 is 14.3 Å². The highest BCUT2D eigenvalue weighted by Crippen LogP contribution is 2.27. The molecule has 1 aliphatic rings. The normalized spacial score (nSPS) is 18.9. The van der Waals surface area contributed by atoms with Crippen LogP contribution in [0.4, 0.5) is 0 Å². The lowest BCUT2D eigenvalue weighted by Gasteiger charge is -2.37. The summed E-state index contributed by atoms with van der Waals surface area (Å²) in [5, 5.41) is 10.9. The molecule has 0 unspecified atom stereocenters. The van der Waals surface area contributed by atoms with Crippen LogP contribution in [0, 0.1) is 0 Å². The number of aromatic nitrogens is 4. The van der Waals surface area contributed by atoms with Crippen molar-refractivity contribution in [2.45, 2.75) is 45.3 Å². The molecule has 9 heteroatoms. The summed E-state index contributed by atoms with van der Waals surface area (Å²) < 4.78 is 11.8. The average molecular weight is 428 g/mol. The van der Waals surface area contributed by atoms with Gasteiger partial charge in [-0.25, -0.2) is 4.98 Å². The fourth-order valence-electron chi connectivity index (χ4n) is 3.48. The summed E-state index contributed by atoms with van der Waals surface area (Å²) in [5.74, 6) is 1.23. The predicted octanol–water partition coefficient (Wildman–Crippen LogP) is 3.58. The van der Waals surface area contributed by atoms with Gasteiger partial charge in [-0.1, -0.05) is 6.92 Å². The molecule has 0 aliphatic carbocycles. The Hall–Kier alpha value is -2.94. The molecule has 4 rings (SSSR count). The van der Waals surface area contributed by atoms with Crippen molar-refractivity contribution >= 4 is 17.2 Å². The van der Waals surface area contributed by atoms with Gasteiger partial charge in [-0.05, 0) is 43.7 Å². The van der Waals surface area contributed by atoms with E-state index in [1.165, 1.54) is 16.1 Å². The molecule has 3 aromatic heterocycles. The van der Waals surface area contributed by atoms with Crippen LogP contribution in [0.5, 0.6) is 11.6 Å². The summed E-state index contributed by atoms with van der Waals surface area (Å²) in [4.78, 5) is 21.0. The minimum Gasteiger partial charge on any atom is -0.493 e. The number of likely N-dealkylation sites (tertiary alicyclic amines) is 1. The molecule has 1 amide bonds. The molecule has 158 valence electrons. The van der Waals surface area contributed by atoms with Crippen molar-refractivity contribution in [2.75, 3.05) is 13.2 Å². The van der Waals surface area contributed by atoms with Gasteiger partial charge in [0.2, 0.25) is 5.88 Å². The number of pyridine rings is 1. The molecule has 30 heavy (non-hydrogen) atoms. The number of carbonyl (C=O) groups is 1. The molecule has 4 heterocycles. The Bertz CT molecular complexity index is 975. The first-order valence-electron chi connectivity index (χ1n) is 10.2. The van der Waals surface area contributed by atoms with E-state index >= 15 is 0 Å². The van der Waals surface area contributed by atoms with Crippen LogP contribution in [0.1, 0.15) is 43.5 Å². The van der Waals surface area contributed by atoms with Gasteiger partial charge in [-0.15, -0.1) is 16.1 Å². The van der Waals surface area contributed by atoms with E-state index in [0.29, 0.717) is 24.6 Å². The number of amides is 1. The lowest BCUT2D eigenvalue weighted by Crippen LogP contribution is -2.49. The molecule has 1 saturated heterocycles. The Labute approximate surface area is 179 Å². The molecule has 2 atom stereocenters. The van der Waals surface area contributed by atoms with Gasteiger partial charge in [-0.3, -0.25) is 4.79 Å². The number of rotatable bonds is 7. The van der Waals surface area contributed by atoms with E-state index in [2.05, 4.69) is 29.0 Å². The van der Waals surface area contributed by atoms with E-state index in [4.69, 9.17) is 9.47 Å². The van der Waals surface area contributed by atoms with Crippen molar-refractivity contribution in [1.82, 2.24) is 24.9 Å². The zero-order chi connectivity index (χ0) is 20.9. The largest absolute Gasteiger partial charge is 0.493 e. The fraction of sp³-hybridized carbons (Fsp3) is 0.429. The quantitative estimate of drug-likeness (QED) is 0.573. The van der Waals surface area contributed by atoms with Crippen molar-refractivity contribution in [3.8, 4) is 16.6 Å². The van der Waals surface area contributed by atoms with Gasteiger partial charge in [0.15, 0.2) is 5.00 Å². The van der Waals surface area contributed by atoms with Crippen LogP contribution in [-0.4, -0.2) is 56.1 Å². The number of hydrogen-bond acceptors (Lipinski definition) is 7. The summed E-state index contributed by atoms with van der Waals surface area (Å²) in [6.07, 6.45) is 7.44. The van der Waals surface area contributed by atoms with Crippen molar-refractivity contribution in [3.63, 3.8) is 0 Å². The summed E-state index contributed by atoms with van der Waals surface area (Å²) in [5.41, 5.74) is 0.608. The zero-order valence-electron chi connectivity index (χ0n) is 17.1. The molecular formula is C21H25N5O3S. The molecule has 8 nitrogen and oxygen atoms in total. The van der Waals surface area contributed by atoms with E-state index < -0.39 is 0 Å². The lowest BCUT2D eigenvalue weighted by atomic mass is 10.0. The van der Waals surface area contributed by atoms with Gasteiger partial charge >= 0.3 is 0 Å². The first kappa shape index (κ1) is 20.3. The first-order chi connectivity index (χ1) is 14.7. The highest BCUT2D eigenvalue weighted by Gasteiger charge is 2.32. The van der Waals surface area contributed by atoms with Crippen LogP contribution in [0.2, 0.25) is 0 Å². The standard InChI is InChI=1S/C21H25N5O3S/c1-3-11-28-16-6-8-22-19(13-16)29-17-5-4-15(2)25(14-17)20(27)18-7-12-30-21(18)26-23-9-10-24-26/h6-10,12-13,15,17H,3-5,11,14H2,1-2H3/t15-,17-/m1/s1. The van der Waals surface area contributed by atoms with Crippen LogP contribution in [0.3, 0.4) is 0 Å². The Morgan fingerprint density at radius 2 is 2.07 bits per heavy atom. The van der Waals surface area contributed by atoms with Gasteiger partial charge in [0, 0.05) is 18.3 Å². The predicted molar refractivity (Wildman–Crippen MR) is 113 cm³/mol. The van der Waals surface area contributed by atoms with Gasteiger partial charge in [0.25, 0.3) is 5.91 Å². The molecule has 1 fully saturated rings. The molecule has 0 bridgehead atoms. The number of nitrogens with zero attached hydrogens (tertiary/aromatic N) is 5. The van der Waals surface area contributed by atoms with E-state index in [1.807, 2.05) is 22.4 Å². The Kier molecular flexibility index (Phi) is 6.27. The highest BCUT2D eigenvalue weighted by atomic mass is 32.1. The maximum Gasteiger partial charge on any atom is 0.257 e. The lowest BCUT2D eigenvalue weighted by molar-refractivity contribution is 0.0372. The molecule has 0 saturated carbocycles. The molecule has 0 aromatic carbocycles. The molecule has 0 spiro atoms. The van der Waals surface area contributed by atoms with Crippen LogP contribution >= 0.6 is 11.3 Å². The summed E-state index contributed by atoms with van der Waals surface area (Å²) >= 11 is 1.45. The van der Waals surface area contributed by atoms with E-state index in [-0.39, 0.29) is 18.1 Å². The van der Waals surface area contributed by atoms with Crippen LogP contribution in [-0.2, 0) is 0 Å².